The molecule has 6 rings (SSSR count). The van der Waals surface area contributed by atoms with Crippen molar-refractivity contribution < 1.29 is 29.0 Å². The van der Waals surface area contributed by atoms with Crippen LogP contribution >= 0.6 is 11.6 Å². The van der Waals surface area contributed by atoms with Gasteiger partial charge in [-0.05, 0) is 135 Å². The zero-order chi connectivity index (χ0) is 40.5. The van der Waals surface area contributed by atoms with Gasteiger partial charge in [-0.3, -0.25) is 19.2 Å². The monoisotopic (exact) mass is 778 g/mol. The number of rotatable bonds is 11. The summed E-state index contributed by atoms with van der Waals surface area (Å²) in [7, 11) is 0. The van der Waals surface area contributed by atoms with Gasteiger partial charge in [0.15, 0.2) is 5.78 Å². The molecule has 1 aromatic carbocycles. The highest BCUT2D eigenvalue weighted by atomic mass is 35.5. The topological polar surface area (TPSA) is 127 Å². The lowest BCUT2D eigenvalue weighted by atomic mass is 9.33. The first-order valence-electron chi connectivity index (χ1n) is 21.0. The maximum atomic E-state index is 14.2. The number of hydrogen-bond acceptors (Lipinski definition) is 6. The number of carboxylic acids is 1. The lowest BCUT2D eigenvalue weighted by Crippen LogP contribution is -2.65. The molecule has 1 aromatic rings. The number of hydrogen-bond donors (Lipinski definition) is 2. The van der Waals surface area contributed by atoms with Crippen LogP contribution in [0.1, 0.15) is 139 Å². The fourth-order valence-corrected chi connectivity index (χ4v) is 13.6. The normalized spacial score (nSPS) is 35.4. The second kappa shape index (κ2) is 14.6. The molecule has 0 heterocycles. The van der Waals surface area contributed by atoms with Gasteiger partial charge in [0.05, 0.1) is 18.4 Å². The number of halogens is 1. The number of esters is 1. The first-order chi connectivity index (χ1) is 25.6. The fraction of sp³-hybridized carbons (Fsp3) is 0.739. The number of nitrogens with zero attached hydrogens (tertiary/aromatic N) is 1. The molecule has 1 amide bonds. The number of Topliss-reactive ketones (excluding diaryl/α,β-unsaturated/α-hetero) is 1. The zero-order valence-electron chi connectivity index (χ0n) is 35.0. The van der Waals surface area contributed by atoms with Crippen LogP contribution in [0, 0.1) is 56.2 Å². The summed E-state index contributed by atoms with van der Waals surface area (Å²) in [6, 6.07) is 7.63. The molecular weight excluding hydrogens is 712 g/mol. The largest absolute Gasteiger partial charge is 0.481 e. The van der Waals surface area contributed by atoms with Gasteiger partial charge >= 0.3 is 11.9 Å². The quantitative estimate of drug-likeness (QED) is 0.214. The molecule has 304 valence electrons. The van der Waals surface area contributed by atoms with Gasteiger partial charge in [-0.15, -0.1) is 0 Å². The van der Waals surface area contributed by atoms with Crippen LogP contribution in [-0.4, -0.2) is 52.8 Å². The molecule has 0 spiro atoms. The fourth-order valence-electron chi connectivity index (χ4n) is 13.5. The van der Waals surface area contributed by atoms with Crippen LogP contribution in [0.3, 0.4) is 0 Å². The van der Waals surface area contributed by atoms with Crippen molar-refractivity contribution in [1.82, 2.24) is 4.90 Å². The molecule has 0 unspecified atom stereocenters. The number of amides is 1. The Bertz CT molecular complexity index is 1730. The summed E-state index contributed by atoms with van der Waals surface area (Å²) in [5, 5.41) is 10.3. The Balaban J connectivity index is 1.27. The Morgan fingerprint density at radius 1 is 0.945 bits per heavy atom. The highest BCUT2D eigenvalue weighted by molar-refractivity contribution is 6.30. The van der Waals surface area contributed by atoms with Crippen molar-refractivity contribution in [2.75, 3.05) is 13.1 Å². The molecule has 5 aliphatic carbocycles. The van der Waals surface area contributed by atoms with Crippen molar-refractivity contribution in [3.8, 4) is 0 Å². The molecule has 0 bridgehead atoms. The Morgan fingerprint density at radius 3 is 2.24 bits per heavy atom. The van der Waals surface area contributed by atoms with Crippen LogP contribution in [-0.2, 0) is 30.5 Å². The van der Waals surface area contributed by atoms with Gasteiger partial charge in [-0.2, -0.15) is 0 Å². The number of aliphatic carboxylic acids is 1. The number of benzene rings is 1. The average molecular weight is 780 g/mol. The Hall–Kier alpha value is -2.71. The van der Waals surface area contributed by atoms with Gasteiger partial charge < -0.3 is 20.5 Å². The highest BCUT2D eigenvalue weighted by Crippen LogP contribution is 2.77. The first kappa shape index (κ1) is 41.9. The van der Waals surface area contributed by atoms with Crippen LogP contribution in [0.5, 0.6) is 0 Å². The van der Waals surface area contributed by atoms with E-state index in [1.165, 1.54) is 5.57 Å². The highest BCUT2D eigenvalue weighted by Gasteiger charge is 2.70. The zero-order valence-corrected chi connectivity index (χ0v) is 35.7. The van der Waals surface area contributed by atoms with Crippen LogP contribution in [0.25, 0.3) is 0 Å². The van der Waals surface area contributed by atoms with E-state index in [-0.39, 0.29) is 58.0 Å². The molecule has 8 atom stereocenters. The van der Waals surface area contributed by atoms with E-state index in [0.29, 0.717) is 48.1 Å². The lowest BCUT2D eigenvalue weighted by molar-refractivity contribution is -0.233. The third-order valence-corrected chi connectivity index (χ3v) is 16.9. The predicted molar refractivity (Wildman–Crippen MR) is 216 cm³/mol. The minimum Gasteiger partial charge on any atom is -0.481 e. The molecule has 0 saturated heterocycles. The number of ether oxygens (including phenoxy) is 1. The number of nitrogens with two attached hydrogens (primary N) is 1. The Labute approximate surface area is 334 Å². The van der Waals surface area contributed by atoms with Gasteiger partial charge in [0.25, 0.3) is 0 Å². The van der Waals surface area contributed by atoms with Crippen LogP contribution in [0.15, 0.2) is 35.4 Å². The predicted octanol–water partition coefficient (Wildman–Crippen LogP) is 9.41. The summed E-state index contributed by atoms with van der Waals surface area (Å²) in [5.41, 5.74) is 7.90. The Morgan fingerprint density at radius 2 is 1.62 bits per heavy atom. The average Bonchev–Trinajstić information content (AvgIpc) is 3.40. The van der Waals surface area contributed by atoms with E-state index < -0.39 is 17.4 Å². The maximum absolute atomic E-state index is 14.2. The molecule has 4 fully saturated rings. The van der Waals surface area contributed by atoms with E-state index in [4.69, 9.17) is 22.1 Å². The molecule has 0 aromatic heterocycles. The van der Waals surface area contributed by atoms with Gasteiger partial charge in [0.2, 0.25) is 5.91 Å². The van der Waals surface area contributed by atoms with Crippen molar-refractivity contribution >= 4 is 35.2 Å². The van der Waals surface area contributed by atoms with Gasteiger partial charge in [0.1, 0.15) is 6.10 Å². The number of allylic oxidation sites excluding steroid dienone is 2. The molecule has 4 saturated carbocycles. The summed E-state index contributed by atoms with van der Waals surface area (Å²) in [6.07, 6.45) is 8.95. The second-order valence-corrected chi connectivity index (χ2v) is 21.0. The van der Waals surface area contributed by atoms with Crippen LogP contribution in [0.2, 0.25) is 5.02 Å². The van der Waals surface area contributed by atoms with Crippen molar-refractivity contribution in [2.45, 2.75) is 146 Å². The van der Waals surface area contributed by atoms with E-state index in [0.717, 1.165) is 68.9 Å². The summed E-state index contributed by atoms with van der Waals surface area (Å²) >= 11 is 6.17. The van der Waals surface area contributed by atoms with E-state index in [2.05, 4.69) is 48.5 Å². The second-order valence-electron chi connectivity index (χ2n) is 20.6. The molecule has 0 radical (unpaired) electrons. The molecular formula is C46H67ClN2O6. The Kier molecular flexibility index (Phi) is 11.1. The molecule has 0 aliphatic heterocycles. The third-order valence-electron chi connectivity index (χ3n) is 16.6. The van der Waals surface area contributed by atoms with Crippen molar-refractivity contribution in [3.63, 3.8) is 0 Å². The molecule has 5 aliphatic rings. The number of fused-ring (bicyclic) bond motifs is 7. The van der Waals surface area contributed by atoms with E-state index in [9.17, 15) is 24.3 Å². The van der Waals surface area contributed by atoms with E-state index in [1.54, 1.807) is 13.8 Å². The van der Waals surface area contributed by atoms with Crippen LogP contribution < -0.4 is 5.73 Å². The van der Waals surface area contributed by atoms with Gasteiger partial charge in [-0.25, -0.2) is 0 Å². The number of carbonyl (C=O) groups is 4. The van der Waals surface area contributed by atoms with Crippen LogP contribution in [0.4, 0.5) is 0 Å². The molecule has 3 N–H and O–H groups in total. The van der Waals surface area contributed by atoms with Crippen molar-refractivity contribution in [1.29, 1.82) is 0 Å². The maximum Gasteiger partial charge on any atom is 0.309 e. The SMILES string of the molecule is CC(C)C1=C2[C@H]3CC[C@@H]4[C@@]5(C)CC[C@H](OC(=O)CC(C)(C)C(=O)O)C(C)(C)[C@@H]5CC[C@@]4(C)[C@]3(C)CC[C@@]2(CCN(Cc2ccc(Cl)cc2)C(=O)CN)CC1=O. The summed E-state index contributed by atoms with van der Waals surface area (Å²) in [4.78, 5) is 54.2. The van der Waals surface area contributed by atoms with E-state index in [1.807, 2.05) is 29.2 Å². The molecule has 55 heavy (non-hydrogen) atoms. The lowest BCUT2D eigenvalue weighted by Gasteiger charge is -2.72. The molecule has 9 heteroatoms. The van der Waals surface area contributed by atoms with Gasteiger partial charge in [-0.1, -0.05) is 77.8 Å². The minimum atomic E-state index is -1.17. The van der Waals surface area contributed by atoms with Crippen molar-refractivity contribution in [2.24, 2.45) is 61.9 Å². The smallest absolute Gasteiger partial charge is 0.309 e. The minimum absolute atomic E-state index is 0.0133. The van der Waals surface area contributed by atoms with Crippen molar-refractivity contribution in [3.05, 3.63) is 46.0 Å². The first-order valence-corrected chi connectivity index (χ1v) is 21.4. The number of carboxylic acid groups (broad SMARTS) is 1. The third kappa shape index (κ3) is 6.91. The standard InChI is InChI=1S/C46H67ClN2O6/c1-28(2)38-32(50)24-46(22-23-49(36(51)26-48)27-29-10-12-30(47)13-11-29)21-20-44(8)31(39(38)46)14-15-34-43(7)18-17-35(55-37(52)25-41(3,4)40(53)54)42(5,6)33(43)16-19-45(34,44)9/h10-13,28,31,33-35H,14-27,48H2,1-9H3,(H,53,54)/t31-,33+,34-,35+,43+,44-,45-,46-/m1/s1. The summed E-state index contributed by atoms with van der Waals surface area (Å²) in [6.45, 7) is 20.7. The number of ketones is 1. The van der Waals surface area contributed by atoms with E-state index >= 15 is 0 Å². The summed E-state index contributed by atoms with van der Waals surface area (Å²) in [5.74, 6) is 0.108. The molecule has 8 nitrogen and oxygen atoms in total. The summed E-state index contributed by atoms with van der Waals surface area (Å²) < 4.78 is 6.18. The van der Waals surface area contributed by atoms with Gasteiger partial charge in [0, 0.05) is 35.4 Å². The number of carbonyl (C=O) groups excluding carboxylic acids is 3.